The van der Waals surface area contributed by atoms with Gasteiger partial charge in [-0.3, -0.25) is 9.69 Å². The highest BCUT2D eigenvalue weighted by molar-refractivity contribution is 6.30. The highest BCUT2D eigenvalue weighted by Gasteiger charge is 2.35. The molecule has 0 saturated carbocycles. The lowest BCUT2D eigenvalue weighted by Crippen LogP contribution is -2.49. The third-order valence-corrected chi connectivity index (χ3v) is 4.23. The van der Waals surface area contributed by atoms with Crippen molar-refractivity contribution in [1.82, 2.24) is 4.90 Å². The second-order valence-corrected chi connectivity index (χ2v) is 6.01. The second-order valence-electron chi connectivity index (χ2n) is 5.60. The Kier molecular flexibility index (Phi) is 4.26. The summed E-state index contributed by atoms with van der Waals surface area (Å²) in [5.41, 5.74) is 0.200. The first-order valence-electron chi connectivity index (χ1n) is 6.63. The van der Waals surface area contributed by atoms with Gasteiger partial charge in [-0.15, -0.1) is 0 Å². The Labute approximate surface area is 118 Å². The number of likely N-dealkylation sites (tertiary alicyclic amines) is 1. The lowest BCUT2D eigenvalue weighted by atomic mass is 9.92. The fraction of sp³-hybridized carbons (Fsp3) is 0.533. The minimum absolute atomic E-state index is 0.0926. The van der Waals surface area contributed by atoms with Crippen molar-refractivity contribution in [3.8, 4) is 0 Å². The van der Waals surface area contributed by atoms with Crippen molar-refractivity contribution in [2.75, 3.05) is 13.1 Å². The molecule has 0 amide bonds. The Balaban J connectivity index is 2.09. The predicted octanol–water partition coefficient (Wildman–Crippen LogP) is 3.47. The van der Waals surface area contributed by atoms with Gasteiger partial charge in [0.25, 0.3) is 0 Å². The van der Waals surface area contributed by atoms with Gasteiger partial charge in [0.15, 0.2) is 5.78 Å². The summed E-state index contributed by atoms with van der Waals surface area (Å²) in [6.07, 6.45) is 2.54. The molecule has 0 spiro atoms. The average Bonchev–Trinajstić information content (AvgIpc) is 2.88. The molecule has 0 bridgehead atoms. The molecule has 0 N–H and O–H groups in total. The highest BCUT2D eigenvalue weighted by atomic mass is 35.5. The number of carbonyl (C=O) groups is 1. The molecule has 0 aromatic heterocycles. The molecule has 0 unspecified atom stereocenters. The number of Topliss-reactive ketones (excluding diaryl/α,β-unsaturated/α-hetero) is 1. The van der Waals surface area contributed by atoms with Crippen LogP contribution in [0.15, 0.2) is 18.2 Å². The maximum atomic E-state index is 13.4. The SMILES string of the molecule is CC(C)(C(=O)Cc1ccc(Cl)c(F)c1)N1CCCC1. The van der Waals surface area contributed by atoms with Gasteiger partial charge in [0.1, 0.15) is 5.82 Å². The first-order valence-corrected chi connectivity index (χ1v) is 7.01. The highest BCUT2D eigenvalue weighted by Crippen LogP contribution is 2.24. The molecule has 1 aliphatic heterocycles. The van der Waals surface area contributed by atoms with E-state index in [2.05, 4.69) is 4.90 Å². The number of hydrogen-bond donors (Lipinski definition) is 0. The van der Waals surface area contributed by atoms with Crippen molar-refractivity contribution in [3.05, 3.63) is 34.6 Å². The van der Waals surface area contributed by atoms with E-state index in [0.717, 1.165) is 25.9 Å². The van der Waals surface area contributed by atoms with Gasteiger partial charge in [-0.25, -0.2) is 4.39 Å². The fourth-order valence-electron chi connectivity index (χ4n) is 2.50. The van der Waals surface area contributed by atoms with Crippen LogP contribution in [0.1, 0.15) is 32.3 Å². The molecule has 1 heterocycles. The molecule has 2 rings (SSSR count). The van der Waals surface area contributed by atoms with Crippen LogP contribution < -0.4 is 0 Å². The van der Waals surface area contributed by atoms with Crippen LogP contribution in [0.2, 0.25) is 5.02 Å². The van der Waals surface area contributed by atoms with E-state index in [1.165, 1.54) is 12.1 Å². The van der Waals surface area contributed by atoms with Crippen LogP contribution in [0, 0.1) is 5.82 Å². The van der Waals surface area contributed by atoms with Crippen LogP contribution >= 0.6 is 11.6 Å². The van der Waals surface area contributed by atoms with E-state index in [9.17, 15) is 9.18 Å². The second kappa shape index (κ2) is 5.59. The smallest absolute Gasteiger partial charge is 0.156 e. The number of nitrogens with zero attached hydrogens (tertiary/aromatic N) is 1. The van der Waals surface area contributed by atoms with E-state index in [1.807, 2.05) is 13.8 Å². The first kappa shape index (κ1) is 14.5. The number of carbonyl (C=O) groups excluding carboxylic acids is 1. The van der Waals surface area contributed by atoms with Crippen molar-refractivity contribution in [3.63, 3.8) is 0 Å². The minimum atomic E-state index is -0.480. The van der Waals surface area contributed by atoms with E-state index in [1.54, 1.807) is 6.07 Å². The van der Waals surface area contributed by atoms with Gasteiger partial charge in [0.2, 0.25) is 0 Å². The monoisotopic (exact) mass is 283 g/mol. The molecule has 19 heavy (non-hydrogen) atoms. The summed E-state index contributed by atoms with van der Waals surface area (Å²) in [5.74, 6) is -0.345. The average molecular weight is 284 g/mol. The van der Waals surface area contributed by atoms with Crippen LogP contribution in [-0.2, 0) is 11.2 Å². The number of halogens is 2. The first-order chi connectivity index (χ1) is 8.91. The van der Waals surface area contributed by atoms with E-state index < -0.39 is 11.4 Å². The molecule has 4 heteroatoms. The molecule has 1 aromatic rings. The Morgan fingerprint density at radius 2 is 2.00 bits per heavy atom. The van der Waals surface area contributed by atoms with Crippen LogP contribution in [0.4, 0.5) is 4.39 Å². The van der Waals surface area contributed by atoms with E-state index >= 15 is 0 Å². The van der Waals surface area contributed by atoms with Gasteiger partial charge < -0.3 is 0 Å². The molecule has 2 nitrogen and oxygen atoms in total. The van der Waals surface area contributed by atoms with Gasteiger partial charge >= 0.3 is 0 Å². The van der Waals surface area contributed by atoms with E-state index in [0.29, 0.717) is 5.56 Å². The van der Waals surface area contributed by atoms with E-state index in [-0.39, 0.29) is 17.2 Å². The topological polar surface area (TPSA) is 20.3 Å². The Hall–Kier alpha value is -0.930. The number of benzene rings is 1. The Morgan fingerprint density at radius 3 is 2.58 bits per heavy atom. The minimum Gasteiger partial charge on any atom is -0.297 e. The quantitative estimate of drug-likeness (QED) is 0.843. The maximum Gasteiger partial charge on any atom is 0.156 e. The molecule has 1 aliphatic rings. The standard InChI is InChI=1S/C15H19ClFNO/c1-15(2,18-7-3-4-8-18)14(19)10-11-5-6-12(16)13(17)9-11/h5-6,9H,3-4,7-8,10H2,1-2H3. The van der Waals surface area contributed by atoms with Gasteiger partial charge in [0.05, 0.1) is 10.6 Å². The van der Waals surface area contributed by atoms with Gasteiger partial charge in [-0.2, -0.15) is 0 Å². The number of hydrogen-bond acceptors (Lipinski definition) is 2. The lowest BCUT2D eigenvalue weighted by Gasteiger charge is -2.34. The molecule has 1 aromatic carbocycles. The molecule has 1 saturated heterocycles. The van der Waals surface area contributed by atoms with Crippen LogP contribution in [0.25, 0.3) is 0 Å². The molecule has 0 radical (unpaired) electrons. The predicted molar refractivity (Wildman–Crippen MR) is 75.0 cm³/mol. The van der Waals surface area contributed by atoms with Crippen molar-refractivity contribution in [1.29, 1.82) is 0 Å². The summed E-state index contributed by atoms with van der Waals surface area (Å²) >= 11 is 5.64. The van der Waals surface area contributed by atoms with Crippen molar-refractivity contribution >= 4 is 17.4 Å². The molecule has 1 fully saturated rings. The summed E-state index contributed by atoms with van der Waals surface area (Å²) in [4.78, 5) is 14.6. The van der Waals surface area contributed by atoms with Crippen molar-refractivity contribution < 1.29 is 9.18 Å². The zero-order valence-electron chi connectivity index (χ0n) is 11.4. The summed E-state index contributed by atoms with van der Waals surface area (Å²) in [5, 5.41) is 0.0926. The summed E-state index contributed by atoms with van der Waals surface area (Å²) in [6.45, 7) is 5.83. The normalized spacial score (nSPS) is 16.8. The summed E-state index contributed by atoms with van der Waals surface area (Å²) in [6, 6.07) is 4.56. The molecule has 0 aliphatic carbocycles. The van der Waals surface area contributed by atoms with Crippen LogP contribution in [0.3, 0.4) is 0 Å². The zero-order chi connectivity index (χ0) is 14.0. The number of rotatable bonds is 4. The third-order valence-electron chi connectivity index (χ3n) is 3.93. The lowest BCUT2D eigenvalue weighted by molar-refractivity contribution is -0.128. The van der Waals surface area contributed by atoms with Crippen molar-refractivity contribution in [2.24, 2.45) is 0 Å². The van der Waals surface area contributed by atoms with Gasteiger partial charge in [-0.1, -0.05) is 17.7 Å². The van der Waals surface area contributed by atoms with Crippen LogP contribution in [0.5, 0.6) is 0 Å². The maximum absolute atomic E-state index is 13.4. The third kappa shape index (κ3) is 3.15. The molecular weight excluding hydrogens is 265 g/mol. The van der Waals surface area contributed by atoms with Gasteiger partial charge in [-0.05, 0) is 57.5 Å². The molecular formula is C15H19ClFNO. The van der Waals surface area contributed by atoms with E-state index in [4.69, 9.17) is 11.6 Å². The largest absolute Gasteiger partial charge is 0.297 e. The van der Waals surface area contributed by atoms with Crippen LogP contribution in [-0.4, -0.2) is 29.3 Å². The summed E-state index contributed by atoms with van der Waals surface area (Å²) < 4.78 is 13.4. The van der Waals surface area contributed by atoms with Crippen molar-refractivity contribution in [2.45, 2.75) is 38.6 Å². The Morgan fingerprint density at radius 1 is 1.37 bits per heavy atom. The fourth-order valence-corrected chi connectivity index (χ4v) is 2.62. The Bertz CT molecular complexity index is 481. The molecule has 0 atom stereocenters. The number of ketones is 1. The zero-order valence-corrected chi connectivity index (χ0v) is 12.1. The van der Waals surface area contributed by atoms with Gasteiger partial charge in [0, 0.05) is 6.42 Å². The molecule has 104 valence electrons. The summed E-state index contributed by atoms with van der Waals surface area (Å²) in [7, 11) is 0.